The van der Waals surface area contributed by atoms with Crippen LogP contribution in [0.4, 0.5) is 0 Å². The molecule has 32 heavy (non-hydrogen) atoms. The Kier molecular flexibility index (Phi) is 8.45. The van der Waals surface area contributed by atoms with E-state index >= 15 is 0 Å². The van der Waals surface area contributed by atoms with E-state index in [1.807, 2.05) is 25.1 Å². The molecule has 0 aromatic heterocycles. The highest BCUT2D eigenvalue weighted by Crippen LogP contribution is 2.39. The first-order valence-electron chi connectivity index (χ1n) is 10.3. The maximum absolute atomic E-state index is 12.3. The molecule has 0 aliphatic carbocycles. The average molecular weight is 492 g/mol. The number of aryl methyl sites for hydroxylation is 1. The maximum atomic E-state index is 12.3. The van der Waals surface area contributed by atoms with Gasteiger partial charge in [0.05, 0.1) is 29.7 Å². The summed E-state index contributed by atoms with van der Waals surface area (Å²) in [7, 11) is 1.66. The number of ether oxygens (including phenoxy) is 3. The molecule has 5 nitrogen and oxygen atoms in total. The molecular weight excluding hydrogens is 466 g/mol. The molecule has 0 spiro atoms. The number of carbonyl (C=O) groups excluding carboxylic acids is 1. The van der Waals surface area contributed by atoms with Crippen molar-refractivity contribution >= 4 is 51.9 Å². The molecule has 1 fully saturated rings. The van der Waals surface area contributed by atoms with Crippen LogP contribution in [-0.2, 0) is 4.79 Å². The number of carbonyl (C=O) groups is 1. The smallest absolute Gasteiger partial charge is 0.265 e. The number of benzene rings is 2. The summed E-state index contributed by atoms with van der Waals surface area (Å²) < 4.78 is 18.1. The zero-order valence-corrected chi connectivity index (χ0v) is 21.0. The standard InChI is InChI=1S/C24H26ClNO4S2/c1-5-28-20-13-17(14-21-23(27)26(4)24(31)32-21)12-18(25)22(20)30-11-7-10-29-19-9-6-8-15(2)16(19)3/h6,8-9,12-14H,5,7,10-11H2,1-4H3. The number of thioether (sulfide) groups is 1. The minimum absolute atomic E-state index is 0.127. The van der Waals surface area contributed by atoms with Crippen molar-refractivity contribution in [2.45, 2.75) is 27.2 Å². The molecule has 3 rings (SSSR count). The molecule has 0 unspecified atom stereocenters. The number of hydrogen-bond acceptors (Lipinski definition) is 6. The second-order valence-corrected chi connectivity index (χ2v) is 9.34. The zero-order valence-electron chi connectivity index (χ0n) is 18.6. The predicted octanol–water partition coefficient (Wildman–Crippen LogP) is 6.03. The topological polar surface area (TPSA) is 48.0 Å². The Morgan fingerprint density at radius 3 is 2.56 bits per heavy atom. The van der Waals surface area contributed by atoms with Crippen molar-refractivity contribution in [3.8, 4) is 17.2 Å². The summed E-state index contributed by atoms with van der Waals surface area (Å²) in [6.07, 6.45) is 2.45. The minimum atomic E-state index is -0.127. The minimum Gasteiger partial charge on any atom is -0.493 e. The molecule has 0 radical (unpaired) electrons. The third kappa shape index (κ3) is 5.77. The van der Waals surface area contributed by atoms with Crippen LogP contribution in [0.1, 0.15) is 30.0 Å². The fraction of sp³-hybridized carbons (Fsp3) is 0.333. The first-order chi connectivity index (χ1) is 15.3. The van der Waals surface area contributed by atoms with E-state index in [9.17, 15) is 4.79 Å². The lowest BCUT2D eigenvalue weighted by molar-refractivity contribution is -0.121. The normalized spacial score (nSPS) is 14.9. The summed E-state index contributed by atoms with van der Waals surface area (Å²) in [6.45, 7) is 7.43. The van der Waals surface area contributed by atoms with Gasteiger partial charge in [0, 0.05) is 13.5 Å². The van der Waals surface area contributed by atoms with Crippen molar-refractivity contribution in [3.63, 3.8) is 0 Å². The molecule has 2 aromatic rings. The zero-order chi connectivity index (χ0) is 23.3. The number of amides is 1. The highest BCUT2D eigenvalue weighted by Gasteiger charge is 2.28. The van der Waals surface area contributed by atoms with Crippen LogP contribution >= 0.6 is 35.6 Å². The second kappa shape index (κ2) is 11.1. The number of likely N-dealkylation sites (N-methyl/N-ethyl adjacent to an activating group) is 1. The Balaban J connectivity index is 1.65. The fourth-order valence-electron chi connectivity index (χ4n) is 3.07. The molecular formula is C24H26ClNO4S2. The Labute approximate surface area is 203 Å². The summed E-state index contributed by atoms with van der Waals surface area (Å²) in [4.78, 5) is 14.3. The molecule has 2 aromatic carbocycles. The van der Waals surface area contributed by atoms with E-state index in [4.69, 9.17) is 38.0 Å². The fourth-order valence-corrected chi connectivity index (χ4v) is 4.52. The summed E-state index contributed by atoms with van der Waals surface area (Å²) in [6, 6.07) is 9.60. The molecule has 8 heteroatoms. The Bertz CT molecular complexity index is 1050. The molecule has 1 heterocycles. The van der Waals surface area contributed by atoms with Crippen molar-refractivity contribution < 1.29 is 19.0 Å². The van der Waals surface area contributed by atoms with Crippen molar-refractivity contribution in [1.29, 1.82) is 0 Å². The first-order valence-corrected chi connectivity index (χ1v) is 11.9. The van der Waals surface area contributed by atoms with Gasteiger partial charge in [-0.3, -0.25) is 9.69 Å². The third-order valence-electron chi connectivity index (χ3n) is 4.96. The first kappa shape index (κ1) is 24.4. The number of rotatable bonds is 9. The molecule has 0 bridgehead atoms. The lowest BCUT2D eigenvalue weighted by Crippen LogP contribution is -2.22. The van der Waals surface area contributed by atoms with Gasteiger partial charge in [0.25, 0.3) is 5.91 Å². The SMILES string of the molecule is CCOc1cc(C=C2SC(=S)N(C)C2=O)cc(Cl)c1OCCCOc1cccc(C)c1C. The monoisotopic (exact) mass is 491 g/mol. The van der Waals surface area contributed by atoms with Gasteiger partial charge in [0.15, 0.2) is 11.5 Å². The van der Waals surface area contributed by atoms with E-state index < -0.39 is 0 Å². The molecule has 0 atom stereocenters. The van der Waals surface area contributed by atoms with E-state index in [1.54, 1.807) is 19.2 Å². The molecule has 1 amide bonds. The van der Waals surface area contributed by atoms with Crippen molar-refractivity contribution in [2.24, 2.45) is 0 Å². The van der Waals surface area contributed by atoms with Crippen LogP contribution in [0.3, 0.4) is 0 Å². The van der Waals surface area contributed by atoms with Gasteiger partial charge in [0.2, 0.25) is 0 Å². The van der Waals surface area contributed by atoms with Gasteiger partial charge >= 0.3 is 0 Å². The van der Waals surface area contributed by atoms with Gasteiger partial charge < -0.3 is 14.2 Å². The van der Waals surface area contributed by atoms with Gasteiger partial charge in [-0.2, -0.15) is 0 Å². The Hall–Kier alpha value is -2.22. The van der Waals surface area contributed by atoms with E-state index in [1.165, 1.54) is 22.2 Å². The molecule has 1 saturated heterocycles. The number of halogens is 1. The van der Waals surface area contributed by atoms with Gasteiger partial charge in [-0.15, -0.1) is 0 Å². The predicted molar refractivity (Wildman–Crippen MR) is 135 cm³/mol. The summed E-state index contributed by atoms with van der Waals surface area (Å²) in [5.41, 5.74) is 3.09. The van der Waals surface area contributed by atoms with Crippen LogP contribution in [-0.4, -0.2) is 42.0 Å². The quantitative estimate of drug-likeness (QED) is 0.242. The highest BCUT2D eigenvalue weighted by atomic mass is 35.5. The highest BCUT2D eigenvalue weighted by molar-refractivity contribution is 8.26. The second-order valence-electron chi connectivity index (χ2n) is 7.25. The summed E-state index contributed by atoms with van der Waals surface area (Å²) in [5.74, 6) is 1.78. The van der Waals surface area contributed by atoms with Crippen LogP contribution < -0.4 is 14.2 Å². The van der Waals surface area contributed by atoms with Gasteiger partial charge in [-0.1, -0.05) is 47.7 Å². The van der Waals surface area contributed by atoms with Crippen molar-refractivity contribution in [3.05, 3.63) is 56.9 Å². The van der Waals surface area contributed by atoms with Crippen molar-refractivity contribution in [2.75, 3.05) is 26.9 Å². The molecule has 0 saturated carbocycles. The largest absolute Gasteiger partial charge is 0.493 e. The van der Waals surface area contributed by atoms with Gasteiger partial charge in [-0.25, -0.2) is 0 Å². The van der Waals surface area contributed by atoms with Crippen LogP contribution in [0.25, 0.3) is 6.08 Å². The lowest BCUT2D eigenvalue weighted by Gasteiger charge is -2.15. The average Bonchev–Trinajstić information content (AvgIpc) is 2.99. The number of thiocarbonyl (C=S) groups is 1. The van der Waals surface area contributed by atoms with Crippen LogP contribution in [0, 0.1) is 13.8 Å². The van der Waals surface area contributed by atoms with E-state index in [0.29, 0.717) is 52.0 Å². The Morgan fingerprint density at radius 1 is 1.12 bits per heavy atom. The van der Waals surface area contributed by atoms with Crippen LogP contribution in [0.2, 0.25) is 5.02 Å². The third-order valence-corrected chi connectivity index (χ3v) is 6.73. The van der Waals surface area contributed by atoms with E-state index in [2.05, 4.69) is 19.9 Å². The summed E-state index contributed by atoms with van der Waals surface area (Å²) in [5, 5.41) is 0.421. The van der Waals surface area contributed by atoms with Gasteiger partial charge in [0.1, 0.15) is 10.1 Å². The summed E-state index contributed by atoms with van der Waals surface area (Å²) >= 11 is 13.0. The molecule has 1 aliphatic heterocycles. The molecule has 0 N–H and O–H groups in total. The van der Waals surface area contributed by atoms with Crippen LogP contribution in [0.5, 0.6) is 17.2 Å². The number of nitrogens with zero attached hydrogens (tertiary/aromatic N) is 1. The lowest BCUT2D eigenvalue weighted by atomic mass is 10.1. The van der Waals surface area contributed by atoms with Gasteiger partial charge in [-0.05, 0) is 61.7 Å². The molecule has 170 valence electrons. The Morgan fingerprint density at radius 2 is 1.88 bits per heavy atom. The van der Waals surface area contributed by atoms with Crippen LogP contribution in [0.15, 0.2) is 35.2 Å². The van der Waals surface area contributed by atoms with E-state index in [-0.39, 0.29) is 5.91 Å². The van der Waals surface area contributed by atoms with Crippen molar-refractivity contribution in [1.82, 2.24) is 4.90 Å². The van der Waals surface area contributed by atoms with E-state index in [0.717, 1.165) is 16.9 Å². The number of hydrogen-bond donors (Lipinski definition) is 0. The maximum Gasteiger partial charge on any atom is 0.265 e. The molecule has 1 aliphatic rings.